The molecule has 3 nitrogen and oxygen atoms in total. The van der Waals surface area contributed by atoms with Crippen LogP contribution in [0.15, 0.2) is 48.7 Å². The molecule has 21 heavy (non-hydrogen) atoms. The molecule has 1 aromatic carbocycles. The molecule has 0 radical (unpaired) electrons. The standard InChI is InChI=1S/C18H24N2O/c1-18(2,3)17(15-8-6-5-7-9-15)20-13-14-10-11-16(21-4)19-12-14/h5-12,17,20H,13H2,1-4H3. The Morgan fingerprint density at radius 2 is 1.81 bits per heavy atom. The topological polar surface area (TPSA) is 34.1 Å². The second-order valence-corrected chi connectivity index (χ2v) is 6.30. The van der Waals surface area contributed by atoms with Gasteiger partial charge in [0.2, 0.25) is 5.88 Å². The Bertz CT molecular complexity index is 544. The van der Waals surface area contributed by atoms with Crippen LogP contribution in [0.4, 0.5) is 0 Å². The van der Waals surface area contributed by atoms with Crippen LogP contribution in [0.25, 0.3) is 0 Å². The summed E-state index contributed by atoms with van der Waals surface area (Å²) in [6.45, 7) is 7.55. The Morgan fingerprint density at radius 1 is 1.10 bits per heavy atom. The highest BCUT2D eigenvalue weighted by Gasteiger charge is 2.25. The van der Waals surface area contributed by atoms with Crippen LogP contribution in [0.3, 0.4) is 0 Å². The zero-order chi connectivity index (χ0) is 15.3. The zero-order valence-corrected chi connectivity index (χ0v) is 13.3. The van der Waals surface area contributed by atoms with Crippen molar-refractivity contribution in [1.29, 1.82) is 0 Å². The van der Waals surface area contributed by atoms with Gasteiger partial charge in [0.15, 0.2) is 0 Å². The van der Waals surface area contributed by atoms with E-state index in [1.807, 2.05) is 18.3 Å². The molecule has 0 amide bonds. The molecule has 0 spiro atoms. The molecule has 3 heteroatoms. The van der Waals surface area contributed by atoms with Crippen LogP contribution in [0.1, 0.15) is 37.9 Å². The van der Waals surface area contributed by atoms with Gasteiger partial charge < -0.3 is 10.1 Å². The molecule has 2 rings (SSSR count). The molecule has 0 aliphatic rings. The molecule has 0 fully saturated rings. The van der Waals surface area contributed by atoms with Gasteiger partial charge in [0.05, 0.1) is 7.11 Å². The summed E-state index contributed by atoms with van der Waals surface area (Å²) in [4.78, 5) is 4.25. The fraction of sp³-hybridized carbons (Fsp3) is 0.389. The highest BCUT2D eigenvalue weighted by Crippen LogP contribution is 2.32. The van der Waals surface area contributed by atoms with Gasteiger partial charge in [-0.25, -0.2) is 4.98 Å². The van der Waals surface area contributed by atoms with Gasteiger partial charge in [0, 0.05) is 24.8 Å². The van der Waals surface area contributed by atoms with Gasteiger partial charge in [-0.1, -0.05) is 57.2 Å². The van der Waals surface area contributed by atoms with Gasteiger partial charge in [-0.2, -0.15) is 0 Å². The fourth-order valence-corrected chi connectivity index (χ4v) is 2.43. The fourth-order valence-electron chi connectivity index (χ4n) is 2.43. The Kier molecular flexibility index (Phi) is 4.97. The first kappa shape index (κ1) is 15.5. The predicted octanol–water partition coefficient (Wildman–Crippen LogP) is 3.97. The minimum atomic E-state index is 0.140. The quantitative estimate of drug-likeness (QED) is 0.902. The van der Waals surface area contributed by atoms with E-state index in [-0.39, 0.29) is 5.41 Å². The van der Waals surface area contributed by atoms with Crippen LogP contribution >= 0.6 is 0 Å². The third kappa shape index (κ3) is 4.30. The molecular weight excluding hydrogens is 260 g/mol. The van der Waals surface area contributed by atoms with E-state index in [0.29, 0.717) is 11.9 Å². The van der Waals surface area contributed by atoms with E-state index < -0.39 is 0 Å². The maximum absolute atomic E-state index is 5.09. The van der Waals surface area contributed by atoms with Crippen molar-refractivity contribution in [1.82, 2.24) is 10.3 Å². The van der Waals surface area contributed by atoms with Crippen molar-refractivity contribution >= 4 is 0 Å². The van der Waals surface area contributed by atoms with Gasteiger partial charge in [0.25, 0.3) is 0 Å². The number of nitrogens with zero attached hydrogens (tertiary/aromatic N) is 1. The first-order valence-corrected chi connectivity index (χ1v) is 7.28. The summed E-state index contributed by atoms with van der Waals surface area (Å²) in [5.41, 5.74) is 2.61. The molecule has 1 aromatic heterocycles. The van der Waals surface area contributed by atoms with E-state index in [9.17, 15) is 0 Å². The first-order valence-electron chi connectivity index (χ1n) is 7.28. The van der Waals surface area contributed by atoms with Crippen LogP contribution in [0.2, 0.25) is 0 Å². The van der Waals surface area contributed by atoms with Crippen molar-refractivity contribution in [3.05, 3.63) is 59.8 Å². The Hall–Kier alpha value is -1.87. The van der Waals surface area contributed by atoms with Crippen LogP contribution < -0.4 is 10.1 Å². The number of rotatable bonds is 5. The first-order chi connectivity index (χ1) is 10.0. The molecular formula is C18H24N2O. The lowest BCUT2D eigenvalue weighted by Gasteiger charge is -2.32. The number of ether oxygens (including phenoxy) is 1. The van der Waals surface area contributed by atoms with E-state index >= 15 is 0 Å². The summed E-state index contributed by atoms with van der Waals surface area (Å²) in [6.07, 6.45) is 1.86. The lowest BCUT2D eigenvalue weighted by molar-refractivity contribution is 0.271. The van der Waals surface area contributed by atoms with Crippen molar-refractivity contribution in [3.63, 3.8) is 0 Å². The van der Waals surface area contributed by atoms with Crippen LogP contribution in [-0.2, 0) is 6.54 Å². The summed E-state index contributed by atoms with van der Waals surface area (Å²) < 4.78 is 5.09. The molecule has 0 aliphatic heterocycles. The summed E-state index contributed by atoms with van der Waals surface area (Å²) in [7, 11) is 1.63. The van der Waals surface area contributed by atoms with Gasteiger partial charge in [-0.05, 0) is 16.5 Å². The Balaban J connectivity index is 2.09. The average Bonchev–Trinajstić information content (AvgIpc) is 2.48. The number of pyridine rings is 1. The van der Waals surface area contributed by atoms with Gasteiger partial charge in [-0.3, -0.25) is 0 Å². The summed E-state index contributed by atoms with van der Waals surface area (Å²) in [5.74, 6) is 0.647. The SMILES string of the molecule is COc1ccc(CNC(c2ccccc2)C(C)(C)C)cn1. The number of methoxy groups -OCH3 is 1. The highest BCUT2D eigenvalue weighted by molar-refractivity contribution is 5.22. The summed E-state index contributed by atoms with van der Waals surface area (Å²) >= 11 is 0. The Morgan fingerprint density at radius 3 is 2.33 bits per heavy atom. The maximum atomic E-state index is 5.09. The van der Waals surface area contributed by atoms with Crippen LogP contribution in [-0.4, -0.2) is 12.1 Å². The second kappa shape index (κ2) is 6.72. The molecule has 112 valence electrons. The molecule has 1 unspecified atom stereocenters. The van der Waals surface area contributed by atoms with E-state index in [1.54, 1.807) is 7.11 Å². The van der Waals surface area contributed by atoms with E-state index in [0.717, 1.165) is 12.1 Å². The summed E-state index contributed by atoms with van der Waals surface area (Å²) in [5, 5.41) is 3.65. The van der Waals surface area contributed by atoms with Crippen LogP contribution in [0, 0.1) is 5.41 Å². The smallest absolute Gasteiger partial charge is 0.212 e. The monoisotopic (exact) mass is 284 g/mol. The van der Waals surface area contributed by atoms with Gasteiger partial charge >= 0.3 is 0 Å². The number of hydrogen-bond donors (Lipinski definition) is 1. The number of benzene rings is 1. The van der Waals surface area contributed by atoms with Crippen molar-refractivity contribution < 1.29 is 4.74 Å². The number of aromatic nitrogens is 1. The van der Waals surface area contributed by atoms with E-state index in [2.05, 4.69) is 61.4 Å². The predicted molar refractivity (Wildman–Crippen MR) is 86.3 cm³/mol. The van der Waals surface area contributed by atoms with Crippen molar-refractivity contribution in [3.8, 4) is 5.88 Å². The average molecular weight is 284 g/mol. The summed E-state index contributed by atoms with van der Waals surface area (Å²) in [6, 6.07) is 14.8. The normalized spacial score (nSPS) is 13.0. The van der Waals surface area contributed by atoms with E-state index in [4.69, 9.17) is 4.74 Å². The third-order valence-corrected chi connectivity index (χ3v) is 3.52. The number of hydrogen-bond acceptors (Lipinski definition) is 3. The Labute approximate surface area is 127 Å². The van der Waals surface area contributed by atoms with Crippen molar-refractivity contribution in [2.75, 3.05) is 7.11 Å². The highest BCUT2D eigenvalue weighted by atomic mass is 16.5. The van der Waals surface area contributed by atoms with Crippen molar-refractivity contribution in [2.24, 2.45) is 5.41 Å². The zero-order valence-electron chi connectivity index (χ0n) is 13.3. The third-order valence-electron chi connectivity index (χ3n) is 3.52. The molecule has 0 saturated heterocycles. The molecule has 1 atom stereocenters. The van der Waals surface area contributed by atoms with Crippen molar-refractivity contribution in [2.45, 2.75) is 33.4 Å². The molecule has 0 saturated carbocycles. The maximum Gasteiger partial charge on any atom is 0.212 e. The minimum Gasteiger partial charge on any atom is -0.481 e. The molecule has 0 bridgehead atoms. The molecule has 0 aliphatic carbocycles. The van der Waals surface area contributed by atoms with E-state index in [1.165, 1.54) is 5.56 Å². The van der Waals surface area contributed by atoms with Gasteiger partial charge in [0.1, 0.15) is 0 Å². The second-order valence-electron chi connectivity index (χ2n) is 6.30. The minimum absolute atomic E-state index is 0.140. The molecule has 1 heterocycles. The lowest BCUT2D eigenvalue weighted by atomic mass is 9.82. The van der Waals surface area contributed by atoms with Crippen LogP contribution in [0.5, 0.6) is 5.88 Å². The molecule has 1 N–H and O–H groups in total. The lowest BCUT2D eigenvalue weighted by Crippen LogP contribution is -2.32. The largest absolute Gasteiger partial charge is 0.481 e. The molecule has 2 aromatic rings. The number of nitrogens with one attached hydrogen (secondary N) is 1. The van der Waals surface area contributed by atoms with Gasteiger partial charge in [-0.15, -0.1) is 0 Å².